The first-order valence-corrected chi connectivity index (χ1v) is 2.36. The number of primary amides is 2. The van der Waals surface area contributed by atoms with E-state index in [4.69, 9.17) is 0 Å². The largest absolute Gasteiger partial charge is 0.386 e. The predicted molar refractivity (Wildman–Crippen MR) is 32.8 cm³/mol. The van der Waals surface area contributed by atoms with Gasteiger partial charge in [-0.25, -0.2) is 0 Å². The third-order valence-electron chi connectivity index (χ3n) is 0.461. The van der Waals surface area contributed by atoms with E-state index in [0.717, 1.165) is 6.21 Å². The van der Waals surface area contributed by atoms with Gasteiger partial charge in [0.15, 0.2) is 6.61 Å². The first-order chi connectivity index (χ1) is 4.63. The van der Waals surface area contributed by atoms with Crippen molar-refractivity contribution < 1.29 is 14.4 Å². The van der Waals surface area contributed by atoms with Gasteiger partial charge in [0, 0.05) is 0 Å². The Labute approximate surface area is 56.8 Å². The molecule has 0 aliphatic carbocycles. The highest BCUT2D eigenvalue weighted by molar-refractivity contribution is 6.25. The molecule has 0 rings (SSSR count). The van der Waals surface area contributed by atoms with E-state index in [9.17, 15) is 9.59 Å². The van der Waals surface area contributed by atoms with Gasteiger partial charge in [-0.15, -0.1) is 0 Å². The maximum Gasteiger partial charge on any atom is 0.263 e. The van der Waals surface area contributed by atoms with Gasteiger partial charge in [-0.3, -0.25) is 9.59 Å². The van der Waals surface area contributed by atoms with Crippen LogP contribution in [0.2, 0.25) is 0 Å². The number of hydrogen-bond donors (Lipinski definition) is 2. The lowest BCUT2D eigenvalue weighted by Crippen LogP contribution is -2.17. The highest BCUT2D eigenvalue weighted by Gasteiger charge is 1.90. The average molecular weight is 145 g/mol. The van der Waals surface area contributed by atoms with Gasteiger partial charge in [0.25, 0.3) is 11.8 Å². The zero-order valence-electron chi connectivity index (χ0n) is 5.11. The first kappa shape index (κ1) is 8.41. The van der Waals surface area contributed by atoms with Crippen LogP contribution >= 0.6 is 0 Å². The molecule has 10 heavy (non-hydrogen) atoms. The van der Waals surface area contributed by atoms with Crippen molar-refractivity contribution in [1.29, 1.82) is 0 Å². The molecular formula is C4H7N3O3. The van der Waals surface area contributed by atoms with Crippen molar-refractivity contribution in [2.75, 3.05) is 6.61 Å². The van der Waals surface area contributed by atoms with Gasteiger partial charge in [-0.05, 0) is 0 Å². The molecule has 0 aliphatic rings. The van der Waals surface area contributed by atoms with Crippen LogP contribution in [0.3, 0.4) is 0 Å². The molecule has 6 nitrogen and oxygen atoms in total. The van der Waals surface area contributed by atoms with Crippen molar-refractivity contribution >= 4 is 18.0 Å². The van der Waals surface area contributed by atoms with Crippen molar-refractivity contribution in [3.05, 3.63) is 0 Å². The lowest BCUT2D eigenvalue weighted by atomic mass is 10.7. The van der Waals surface area contributed by atoms with E-state index in [1.54, 1.807) is 0 Å². The maximum absolute atomic E-state index is 9.95. The molecule has 0 aromatic heterocycles. The number of oxime groups is 1. The second-order valence-electron chi connectivity index (χ2n) is 1.38. The average Bonchev–Trinajstić information content (AvgIpc) is 1.79. The van der Waals surface area contributed by atoms with E-state index in [-0.39, 0.29) is 6.61 Å². The number of hydrogen-bond acceptors (Lipinski definition) is 4. The second-order valence-corrected chi connectivity index (χ2v) is 1.38. The summed E-state index contributed by atoms with van der Waals surface area (Å²) in [4.78, 5) is 24.1. The van der Waals surface area contributed by atoms with Crippen molar-refractivity contribution in [2.45, 2.75) is 0 Å². The molecule has 0 aliphatic heterocycles. The molecule has 0 spiro atoms. The summed E-state index contributed by atoms with van der Waals surface area (Å²) in [7, 11) is 0. The fraction of sp³-hybridized carbons (Fsp3) is 0.250. The summed E-state index contributed by atoms with van der Waals surface area (Å²) in [5, 5.41) is 3.01. The molecule has 0 aromatic carbocycles. The van der Waals surface area contributed by atoms with Crippen molar-refractivity contribution in [1.82, 2.24) is 0 Å². The molecular weight excluding hydrogens is 138 g/mol. The molecule has 0 bridgehead atoms. The molecule has 6 heteroatoms. The van der Waals surface area contributed by atoms with Crippen LogP contribution in [0.4, 0.5) is 0 Å². The Bertz CT molecular complexity index is 165. The zero-order valence-corrected chi connectivity index (χ0v) is 5.11. The van der Waals surface area contributed by atoms with Gasteiger partial charge in [0.05, 0.1) is 0 Å². The third kappa shape index (κ3) is 6.41. The fourth-order valence-corrected chi connectivity index (χ4v) is 0.190. The Hall–Kier alpha value is -1.59. The number of carbonyl (C=O) groups is 2. The Morgan fingerprint density at radius 1 is 1.50 bits per heavy atom. The Morgan fingerprint density at radius 3 is 2.50 bits per heavy atom. The quantitative estimate of drug-likeness (QED) is 0.351. The van der Waals surface area contributed by atoms with Crippen LogP contribution in [-0.4, -0.2) is 24.6 Å². The van der Waals surface area contributed by atoms with Crippen LogP contribution in [0, 0.1) is 0 Å². The number of nitrogens with two attached hydrogens (primary N) is 2. The van der Waals surface area contributed by atoms with Gasteiger partial charge >= 0.3 is 0 Å². The van der Waals surface area contributed by atoms with E-state index in [1.807, 2.05) is 0 Å². The zero-order chi connectivity index (χ0) is 7.98. The van der Waals surface area contributed by atoms with Crippen LogP contribution < -0.4 is 11.5 Å². The minimum atomic E-state index is -0.746. The van der Waals surface area contributed by atoms with Gasteiger partial charge in [0.2, 0.25) is 0 Å². The Kier molecular flexibility index (Phi) is 3.62. The molecule has 0 radical (unpaired) electrons. The van der Waals surface area contributed by atoms with Gasteiger partial charge < -0.3 is 16.3 Å². The normalized spacial score (nSPS) is 9.60. The second kappa shape index (κ2) is 4.30. The van der Waals surface area contributed by atoms with Crippen LogP contribution in [-0.2, 0) is 14.4 Å². The van der Waals surface area contributed by atoms with E-state index >= 15 is 0 Å². The molecule has 0 heterocycles. The molecule has 0 aromatic rings. The molecule has 0 atom stereocenters. The third-order valence-corrected chi connectivity index (χ3v) is 0.461. The molecule has 0 saturated heterocycles. The van der Waals surface area contributed by atoms with Crippen molar-refractivity contribution in [3.63, 3.8) is 0 Å². The first-order valence-electron chi connectivity index (χ1n) is 2.36. The number of carbonyl (C=O) groups excluding carboxylic acids is 2. The number of amides is 2. The minimum Gasteiger partial charge on any atom is -0.386 e. The number of nitrogens with zero attached hydrogens (tertiary/aromatic N) is 1. The van der Waals surface area contributed by atoms with E-state index < -0.39 is 11.8 Å². The highest BCUT2D eigenvalue weighted by Crippen LogP contribution is 1.70. The van der Waals surface area contributed by atoms with Crippen LogP contribution in [0.25, 0.3) is 0 Å². The smallest absolute Gasteiger partial charge is 0.263 e. The molecule has 56 valence electrons. The van der Waals surface area contributed by atoms with Gasteiger partial charge in [0.1, 0.15) is 6.21 Å². The fourth-order valence-electron chi connectivity index (χ4n) is 0.190. The summed E-state index contributed by atoms with van der Waals surface area (Å²) in [6, 6.07) is 0. The van der Waals surface area contributed by atoms with E-state index in [0.29, 0.717) is 0 Å². The highest BCUT2D eigenvalue weighted by atomic mass is 16.6. The summed E-state index contributed by atoms with van der Waals surface area (Å²) in [5.41, 5.74) is 9.28. The molecule has 4 N–H and O–H groups in total. The van der Waals surface area contributed by atoms with Crippen LogP contribution in [0.15, 0.2) is 5.16 Å². The summed E-state index contributed by atoms with van der Waals surface area (Å²) < 4.78 is 0. The summed E-state index contributed by atoms with van der Waals surface area (Å²) in [5.74, 6) is -1.41. The van der Waals surface area contributed by atoms with Crippen molar-refractivity contribution in [2.24, 2.45) is 16.6 Å². The predicted octanol–water partition coefficient (Wildman–Crippen LogP) is -2.04. The maximum atomic E-state index is 9.95. The standard InChI is InChI=1S/C4H7N3O3/c5-3(8)1-7-10-2-4(6)9/h1H,2H2,(H2,5,8)(H2,6,9)/b7-1+. The molecule has 0 unspecified atom stereocenters. The van der Waals surface area contributed by atoms with E-state index in [1.165, 1.54) is 0 Å². The van der Waals surface area contributed by atoms with E-state index in [2.05, 4.69) is 21.5 Å². The summed E-state index contributed by atoms with van der Waals surface area (Å²) >= 11 is 0. The lowest BCUT2D eigenvalue weighted by molar-refractivity contribution is -0.122. The molecule has 0 saturated carbocycles. The van der Waals surface area contributed by atoms with Crippen LogP contribution in [0.1, 0.15) is 0 Å². The lowest BCUT2D eigenvalue weighted by Gasteiger charge is -1.90. The van der Waals surface area contributed by atoms with Gasteiger partial charge in [-0.2, -0.15) is 0 Å². The topological polar surface area (TPSA) is 108 Å². The van der Waals surface area contributed by atoms with Crippen molar-refractivity contribution in [3.8, 4) is 0 Å². The molecule has 0 fully saturated rings. The minimum absolute atomic E-state index is 0.357. The summed E-state index contributed by atoms with van der Waals surface area (Å²) in [6.45, 7) is -0.357. The monoisotopic (exact) mass is 145 g/mol. The van der Waals surface area contributed by atoms with Gasteiger partial charge in [-0.1, -0.05) is 5.16 Å². The Balaban J connectivity index is 3.36. The SMILES string of the molecule is NC(=O)/C=N/OCC(N)=O. The summed E-state index contributed by atoms with van der Waals surface area (Å²) in [6.07, 6.45) is 0.739. The van der Waals surface area contributed by atoms with Crippen LogP contribution in [0.5, 0.6) is 0 Å². The number of rotatable bonds is 4. The Morgan fingerprint density at radius 2 is 2.10 bits per heavy atom. The molecule has 2 amide bonds.